The molecule has 5 nitrogen and oxygen atoms in total. The van der Waals surface area contributed by atoms with Gasteiger partial charge in [-0.3, -0.25) is 4.79 Å². The fourth-order valence-electron chi connectivity index (χ4n) is 2.18. The van der Waals surface area contributed by atoms with Crippen molar-refractivity contribution in [2.24, 2.45) is 0 Å². The van der Waals surface area contributed by atoms with Crippen LogP contribution in [-0.2, 0) is 16.4 Å². The second kappa shape index (κ2) is 8.23. The number of rotatable bonds is 8. The number of benzene rings is 1. The zero-order valence-corrected chi connectivity index (χ0v) is 15.0. The van der Waals surface area contributed by atoms with Crippen molar-refractivity contribution in [2.45, 2.75) is 24.3 Å². The summed E-state index contributed by atoms with van der Waals surface area (Å²) in [4.78, 5) is 12.4. The van der Waals surface area contributed by atoms with Gasteiger partial charge in [-0.2, -0.15) is 11.3 Å². The summed E-state index contributed by atoms with van der Waals surface area (Å²) in [6, 6.07) is 7.95. The van der Waals surface area contributed by atoms with Gasteiger partial charge in [-0.1, -0.05) is 12.1 Å². The van der Waals surface area contributed by atoms with Crippen LogP contribution in [0.2, 0.25) is 0 Å². The topological polar surface area (TPSA) is 75.3 Å². The van der Waals surface area contributed by atoms with Crippen LogP contribution in [0.5, 0.6) is 0 Å². The molecule has 0 fully saturated rings. The summed E-state index contributed by atoms with van der Waals surface area (Å²) in [5, 5.41) is 6.93. The Bertz CT molecular complexity index is 799. The first-order valence-corrected chi connectivity index (χ1v) is 9.87. The summed E-state index contributed by atoms with van der Waals surface area (Å²) in [7, 11) is -3.65. The third-order valence-electron chi connectivity index (χ3n) is 3.32. The Labute approximate surface area is 146 Å². The summed E-state index contributed by atoms with van der Waals surface area (Å²) < 4.78 is 26.6. The normalized spacial score (nSPS) is 12.5. The predicted octanol–water partition coefficient (Wildman–Crippen LogP) is 2.57. The fourth-order valence-corrected chi connectivity index (χ4v) is 3.90. The van der Waals surface area contributed by atoms with Gasteiger partial charge in [0.05, 0.1) is 4.90 Å². The fraction of sp³-hybridized carbons (Fsp3) is 0.235. The second-order valence-electron chi connectivity index (χ2n) is 5.38. The first-order valence-electron chi connectivity index (χ1n) is 7.45. The van der Waals surface area contributed by atoms with Crippen LogP contribution in [0.3, 0.4) is 0 Å². The molecule has 1 amide bonds. The Hall–Kier alpha value is -1.96. The SMILES string of the molecule is C=CCNS(=O)(=O)c1cccc(C(=O)NC(C)Cc2ccsc2)c1. The van der Waals surface area contributed by atoms with Gasteiger partial charge in [-0.05, 0) is 53.9 Å². The molecular formula is C17H20N2O3S2. The van der Waals surface area contributed by atoms with E-state index in [1.54, 1.807) is 23.5 Å². The Morgan fingerprint density at radius 1 is 1.38 bits per heavy atom. The molecule has 0 radical (unpaired) electrons. The third-order valence-corrected chi connectivity index (χ3v) is 5.48. The number of carbonyl (C=O) groups is 1. The second-order valence-corrected chi connectivity index (χ2v) is 7.93. The van der Waals surface area contributed by atoms with E-state index < -0.39 is 10.0 Å². The molecule has 1 heterocycles. The maximum atomic E-state index is 12.3. The van der Waals surface area contributed by atoms with Crippen LogP contribution < -0.4 is 10.0 Å². The summed E-state index contributed by atoms with van der Waals surface area (Å²) >= 11 is 1.61. The minimum atomic E-state index is -3.65. The van der Waals surface area contributed by atoms with Crippen molar-refractivity contribution in [3.63, 3.8) is 0 Å². The summed E-state index contributed by atoms with van der Waals surface area (Å²) in [6.07, 6.45) is 2.19. The maximum Gasteiger partial charge on any atom is 0.251 e. The first kappa shape index (κ1) is 18.4. The van der Waals surface area contributed by atoms with Gasteiger partial charge in [0.25, 0.3) is 5.91 Å². The third kappa shape index (κ3) is 5.02. The van der Waals surface area contributed by atoms with Crippen molar-refractivity contribution < 1.29 is 13.2 Å². The van der Waals surface area contributed by atoms with Crippen LogP contribution >= 0.6 is 11.3 Å². The monoisotopic (exact) mass is 364 g/mol. The van der Waals surface area contributed by atoms with Crippen molar-refractivity contribution in [3.8, 4) is 0 Å². The minimum absolute atomic E-state index is 0.0498. The average molecular weight is 364 g/mol. The van der Waals surface area contributed by atoms with E-state index in [4.69, 9.17) is 0 Å². The van der Waals surface area contributed by atoms with Crippen LogP contribution in [0.1, 0.15) is 22.8 Å². The van der Waals surface area contributed by atoms with E-state index in [9.17, 15) is 13.2 Å². The molecule has 1 unspecified atom stereocenters. The molecule has 24 heavy (non-hydrogen) atoms. The van der Waals surface area contributed by atoms with Gasteiger partial charge in [0, 0.05) is 18.2 Å². The number of hydrogen-bond acceptors (Lipinski definition) is 4. The van der Waals surface area contributed by atoms with Crippen molar-refractivity contribution in [1.29, 1.82) is 0 Å². The Kier molecular flexibility index (Phi) is 6.30. The van der Waals surface area contributed by atoms with Gasteiger partial charge in [0.1, 0.15) is 0 Å². The molecule has 0 saturated heterocycles. The van der Waals surface area contributed by atoms with Gasteiger partial charge >= 0.3 is 0 Å². The number of sulfonamides is 1. The number of amides is 1. The Balaban J connectivity index is 2.07. The summed E-state index contributed by atoms with van der Waals surface area (Å²) in [6.45, 7) is 5.53. The highest BCUT2D eigenvalue weighted by atomic mass is 32.2. The average Bonchev–Trinajstić information content (AvgIpc) is 3.06. The maximum absolute atomic E-state index is 12.3. The highest BCUT2D eigenvalue weighted by Gasteiger charge is 2.16. The molecule has 0 aliphatic heterocycles. The molecule has 2 rings (SSSR count). The Morgan fingerprint density at radius 3 is 2.83 bits per heavy atom. The summed E-state index contributed by atoms with van der Waals surface area (Å²) in [5.41, 5.74) is 1.48. The van der Waals surface area contributed by atoms with Crippen LogP contribution in [0.4, 0.5) is 0 Å². The van der Waals surface area contributed by atoms with Gasteiger partial charge in [0.15, 0.2) is 0 Å². The predicted molar refractivity (Wildman–Crippen MR) is 96.8 cm³/mol. The Morgan fingerprint density at radius 2 is 2.17 bits per heavy atom. The zero-order chi connectivity index (χ0) is 17.6. The zero-order valence-electron chi connectivity index (χ0n) is 13.4. The molecule has 1 aromatic carbocycles. The number of thiophene rings is 1. The van der Waals surface area contributed by atoms with E-state index in [2.05, 4.69) is 16.6 Å². The standard InChI is InChI=1S/C17H20N2O3S2/c1-3-8-18-24(21,22)16-6-4-5-15(11-16)17(20)19-13(2)10-14-7-9-23-12-14/h3-7,9,11-13,18H,1,8,10H2,2H3,(H,19,20). The molecule has 1 atom stereocenters. The minimum Gasteiger partial charge on any atom is -0.349 e. The van der Waals surface area contributed by atoms with Crippen LogP contribution in [0.25, 0.3) is 0 Å². The van der Waals surface area contributed by atoms with E-state index >= 15 is 0 Å². The highest BCUT2D eigenvalue weighted by molar-refractivity contribution is 7.89. The first-order chi connectivity index (χ1) is 11.4. The molecule has 0 saturated carbocycles. The molecule has 1 aromatic heterocycles. The lowest BCUT2D eigenvalue weighted by Gasteiger charge is -2.14. The van der Waals surface area contributed by atoms with Crippen LogP contribution in [-0.4, -0.2) is 26.9 Å². The van der Waals surface area contributed by atoms with Gasteiger partial charge < -0.3 is 5.32 Å². The van der Waals surface area contributed by atoms with Crippen molar-refractivity contribution in [2.75, 3.05) is 6.54 Å². The molecule has 2 aromatic rings. The lowest BCUT2D eigenvalue weighted by Crippen LogP contribution is -2.34. The van der Waals surface area contributed by atoms with Gasteiger partial charge in [-0.15, -0.1) is 6.58 Å². The van der Waals surface area contributed by atoms with E-state index in [-0.39, 0.29) is 23.4 Å². The number of carbonyl (C=O) groups excluding carboxylic acids is 1. The molecule has 0 spiro atoms. The van der Waals surface area contributed by atoms with Gasteiger partial charge in [-0.25, -0.2) is 13.1 Å². The van der Waals surface area contributed by atoms with E-state index in [1.165, 1.54) is 18.2 Å². The quantitative estimate of drug-likeness (QED) is 0.707. The van der Waals surface area contributed by atoms with Crippen molar-refractivity contribution in [1.82, 2.24) is 10.0 Å². The van der Waals surface area contributed by atoms with Crippen molar-refractivity contribution in [3.05, 3.63) is 64.9 Å². The van der Waals surface area contributed by atoms with Gasteiger partial charge in [0.2, 0.25) is 10.0 Å². The largest absolute Gasteiger partial charge is 0.349 e. The smallest absolute Gasteiger partial charge is 0.251 e. The lowest BCUT2D eigenvalue weighted by atomic mass is 10.1. The van der Waals surface area contributed by atoms with Crippen LogP contribution in [0.15, 0.2) is 58.6 Å². The summed E-state index contributed by atoms with van der Waals surface area (Å²) in [5.74, 6) is -0.293. The van der Waals surface area contributed by atoms with Crippen LogP contribution in [0, 0.1) is 0 Å². The molecule has 7 heteroatoms. The molecule has 2 N–H and O–H groups in total. The van der Waals surface area contributed by atoms with Crippen molar-refractivity contribution >= 4 is 27.3 Å². The molecule has 0 aliphatic rings. The molecule has 0 bridgehead atoms. The molecular weight excluding hydrogens is 344 g/mol. The van der Waals surface area contributed by atoms with E-state index in [1.807, 2.05) is 23.8 Å². The number of hydrogen-bond donors (Lipinski definition) is 2. The van der Waals surface area contributed by atoms with E-state index in [0.717, 1.165) is 12.0 Å². The highest BCUT2D eigenvalue weighted by Crippen LogP contribution is 2.13. The lowest BCUT2D eigenvalue weighted by molar-refractivity contribution is 0.0940. The molecule has 128 valence electrons. The molecule has 0 aliphatic carbocycles. The number of nitrogens with one attached hydrogen (secondary N) is 2. The van der Waals surface area contributed by atoms with E-state index in [0.29, 0.717) is 5.56 Å².